The van der Waals surface area contributed by atoms with E-state index in [0.717, 1.165) is 50.4 Å². The van der Waals surface area contributed by atoms with Crippen LogP contribution in [0.4, 0.5) is 22.7 Å². The van der Waals surface area contributed by atoms with Gasteiger partial charge in [-0.3, -0.25) is 0 Å². The quantitative estimate of drug-likeness (QED) is 0.156. The molecule has 0 amide bonds. The second kappa shape index (κ2) is 14.7. The molecule has 0 aliphatic carbocycles. The van der Waals surface area contributed by atoms with E-state index in [1.807, 2.05) is 24.4 Å². The van der Waals surface area contributed by atoms with E-state index < -0.39 is 0 Å². The van der Waals surface area contributed by atoms with Gasteiger partial charge >= 0.3 is 0 Å². The second-order valence-corrected chi connectivity index (χ2v) is 16.8. The molecule has 2 aromatic heterocycles. The number of aryl methyl sites for hydroxylation is 1. The molecule has 0 saturated carbocycles. The van der Waals surface area contributed by atoms with Crippen molar-refractivity contribution in [2.45, 2.75) is 59.3 Å². The molecular formula is C51H45N4OPt-3. The van der Waals surface area contributed by atoms with E-state index in [4.69, 9.17) is 9.72 Å². The topological polar surface area (TPSA) is 33.5 Å². The van der Waals surface area contributed by atoms with Gasteiger partial charge in [0, 0.05) is 66.9 Å². The monoisotopic (exact) mass is 924 g/mol. The predicted octanol–water partition coefficient (Wildman–Crippen LogP) is 13.5. The number of aromatic nitrogens is 2. The standard InChI is InChI=1S/C51H45N4O.Pt/c1-34-27-44(35-15-9-8-10-16-35)49-47(28-34)53(33-54(49)38-18-13-17-36(29-38)50(2,3)4)39-19-14-20-40(31-39)56-41-23-24-43-42-21-11-12-22-45(42)55(46(43)32-41)48-30-37(25-26-52-48)51(5,6)7;/h8-30,33H,1-7H3;/q-3;. The molecular weight excluding hydrogens is 880 g/mol. The Bertz CT molecular complexity index is 2760. The van der Waals surface area contributed by atoms with Gasteiger partial charge in [0.15, 0.2) is 0 Å². The molecule has 1 aliphatic heterocycles. The van der Waals surface area contributed by atoms with Gasteiger partial charge in [0.05, 0.1) is 0 Å². The van der Waals surface area contributed by atoms with Crippen molar-refractivity contribution < 1.29 is 25.8 Å². The van der Waals surface area contributed by atoms with E-state index in [2.05, 4.69) is 197 Å². The van der Waals surface area contributed by atoms with Gasteiger partial charge in [-0.25, -0.2) is 4.98 Å². The summed E-state index contributed by atoms with van der Waals surface area (Å²) in [5.74, 6) is 2.07. The first kappa shape index (κ1) is 38.2. The van der Waals surface area contributed by atoms with Crippen LogP contribution in [0, 0.1) is 25.7 Å². The normalized spacial score (nSPS) is 12.9. The Morgan fingerprint density at radius 2 is 1.35 bits per heavy atom. The van der Waals surface area contributed by atoms with E-state index in [1.165, 1.54) is 27.8 Å². The molecule has 0 unspecified atom stereocenters. The van der Waals surface area contributed by atoms with Crippen LogP contribution in [-0.4, -0.2) is 9.55 Å². The average Bonchev–Trinajstić information content (AvgIpc) is 3.73. The smallest absolute Gasteiger partial charge is 0.135 e. The maximum absolute atomic E-state index is 6.62. The van der Waals surface area contributed by atoms with Crippen LogP contribution in [0.1, 0.15) is 58.2 Å². The van der Waals surface area contributed by atoms with Gasteiger partial charge in [-0.15, -0.1) is 48.1 Å². The molecule has 0 bridgehead atoms. The van der Waals surface area contributed by atoms with E-state index in [-0.39, 0.29) is 31.9 Å². The number of hydrogen-bond donors (Lipinski definition) is 0. The van der Waals surface area contributed by atoms with Gasteiger partial charge in [-0.05, 0) is 87.9 Å². The summed E-state index contributed by atoms with van der Waals surface area (Å²) in [6.07, 6.45) is 1.90. The zero-order valence-corrected chi connectivity index (χ0v) is 35.6. The molecule has 57 heavy (non-hydrogen) atoms. The fourth-order valence-corrected chi connectivity index (χ4v) is 7.71. The van der Waals surface area contributed by atoms with Crippen LogP contribution in [0.3, 0.4) is 0 Å². The molecule has 0 spiro atoms. The van der Waals surface area contributed by atoms with Crippen LogP contribution in [-0.2, 0) is 31.9 Å². The van der Waals surface area contributed by atoms with Crippen LogP contribution in [0.2, 0.25) is 0 Å². The maximum atomic E-state index is 6.62. The molecule has 6 heteroatoms. The van der Waals surface area contributed by atoms with Crippen LogP contribution in [0.25, 0.3) is 38.8 Å². The summed E-state index contributed by atoms with van der Waals surface area (Å²) in [5.41, 5.74) is 12.2. The van der Waals surface area contributed by atoms with Crippen molar-refractivity contribution in [1.29, 1.82) is 0 Å². The van der Waals surface area contributed by atoms with Gasteiger partial charge in [0.2, 0.25) is 0 Å². The minimum absolute atomic E-state index is 0. The summed E-state index contributed by atoms with van der Waals surface area (Å²) in [7, 11) is 0. The molecule has 6 aromatic carbocycles. The molecule has 0 atom stereocenters. The minimum atomic E-state index is -0.0160. The van der Waals surface area contributed by atoms with Crippen molar-refractivity contribution in [3.05, 3.63) is 175 Å². The minimum Gasteiger partial charge on any atom is -0.509 e. The predicted molar refractivity (Wildman–Crippen MR) is 232 cm³/mol. The molecule has 288 valence electrons. The van der Waals surface area contributed by atoms with E-state index in [0.29, 0.717) is 11.5 Å². The molecule has 1 aliphatic rings. The van der Waals surface area contributed by atoms with Crippen molar-refractivity contribution in [2.24, 2.45) is 0 Å². The SMILES string of the molecule is Cc1cc(-c2ccccc2)c2c(c1)N(c1[c-]c(Oc3[c-]c4c(cc3)c3ccccc3n4-c3cc(C(C)(C)C)ccn3)ccc1)[CH-]N2c1cccc(C(C)(C)C)c1.[Pt]. The van der Waals surface area contributed by atoms with Crippen LogP contribution in [0.5, 0.6) is 11.5 Å². The molecule has 9 rings (SSSR count). The Morgan fingerprint density at radius 1 is 0.632 bits per heavy atom. The van der Waals surface area contributed by atoms with Crippen LogP contribution >= 0.6 is 0 Å². The summed E-state index contributed by atoms with van der Waals surface area (Å²) in [6.45, 7) is 17.8. The number of ether oxygens (including phenoxy) is 1. The first-order valence-electron chi connectivity index (χ1n) is 19.3. The summed E-state index contributed by atoms with van der Waals surface area (Å²) >= 11 is 0. The van der Waals surface area contributed by atoms with Crippen molar-refractivity contribution in [3.63, 3.8) is 0 Å². The molecule has 5 nitrogen and oxygen atoms in total. The number of hydrogen-bond acceptors (Lipinski definition) is 4. The maximum Gasteiger partial charge on any atom is 0.135 e. The average molecular weight is 925 g/mol. The third-order valence-corrected chi connectivity index (χ3v) is 10.7. The number of rotatable bonds is 6. The third kappa shape index (κ3) is 7.15. The summed E-state index contributed by atoms with van der Waals surface area (Å²) in [5, 5.41) is 2.24. The number of benzene rings is 6. The number of nitrogens with zero attached hydrogens (tertiary/aromatic N) is 4. The van der Waals surface area contributed by atoms with Gasteiger partial charge in [0.25, 0.3) is 0 Å². The number of para-hydroxylation sites is 1. The van der Waals surface area contributed by atoms with Crippen molar-refractivity contribution in [3.8, 4) is 28.4 Å². The Hall–Kier alpha value is -5.64. The van der Waals surface area contributed by atoms with Crippen LogP contribution < -0.4 is 14.5 Å². The molecule has 0 fully saturated rings. The number of pyridine rings is 1. The van der Waals surface area contributed by atoms with E-state index in [1.54, 1.807) is 0 Å². The Labute approximate surface area is 350 Å². The Morgan fingerprint density at radius 3 is 2.14 bits per heavy atom. The van der Waals surface area contributed by atoms with Crippen LogP contribution in [0.15, 0.2) is 140 Å². The summed E-state index contributed by atoms with van der Waals surface area (Å²) in [4.78, 5) is 9.39. The van der Waals surface area contributed by atoms with E-state index in [9.17, 15) is 0 Å². The van der Waals surface area contributed by atoms with Gasteiger partial charge in [-0.2, -0.15) is 12.1 Å². The van der Waals surface area contributed by atoms with Crippen molar-refractivity contribution in [1.82, 2.24) is 9.55 Å². The first-order valence-corrected chi connectivity index (χ1v) is 19.3. The molecule has 0 radical (unpaired) electrons. The molecule has 3 heterocycles. The van der Waals surface area contributed by atoms with E-state index >= 15 is 0 Å². The van der Waals surface area contributed by atoms with Gasteiger partial charge < -0.3 is 19.1 Å². The number of anilines is 4. The molecule has 0 saturated heterocycles. The number of fused-ring (bicyclic) bond motifs is 4. The molecule has 0 N–H and O–H groups in total. The largest absolute Gasteiger partial charge is 0.509 e. The third-order valence-electron chi connectivity index (χ3n) is 10.7. The van der Waals surface area contributed by atoms with Gasteiger partial charge in [-0.1, -0.05) is 108 Å². The summed E-state index contributed by atoms with van der Waals surface area (Å²) < 4.78 is 8.82. The first-order chi connectivity index (χ1) is 26.9. The zero-order valence-electron chi connectivity index (χ0n) is 33.4. The fraction of sp³-hybridized carbons (Fsp3) is 0.176. The van der Waals surface area contributed by atoms with Crippen molar-refractivity contribution >= 4 is 44.6 Å². The van der Waals surface area contributed by atoms with Crippen molar-refractivity contribution in [2.75, 3.05) is 9.80 Å². The fourth-order valence-electron chi connectivity index (χ4n) is 7.71. The van der Waals surface area contributed by atoms with Gasteiger partial charge in [0.1, 0.15) is 5.82 Å². The zero-order chi connectivity index (χ0) is 38.8. The summed E-state index contributed by atoms with van der Waals surface area (Å²) in [6, 6.07) is 54.2. The molecule has 8 aromatic rings. The second-order valence-electron chi connectivity index (χ2n) is 16.8. The Kier molecular flexibility index (Phi) is 9.86. The Balaban J connectivity index is 0.00000455.